The van der Waals surface area contributed by atoms with Crippen LogP contribution in [0.1, 0.15) is 5.56 Å². The summed E-state index contributed by atoms with van der Waals surface area (Å²) < 4.78 is 0. The first-order valence-corrected chi connectivity index (χ1v) is 5.12. The van der Waals surface area contributed by atoms with E-state index in [1.54, 1.807) is 18.2 Å². The summed E-state index contributed by atoms with van der Waals surface area (Å²) >= 11 is 0. The average molecular weight is 236 g/mol. The maximum Gasteiger partial charge on any atom is 0.322 e. The zero-order valence-corrected chi connectivity index (χ0v) is 9.64. The molecule has 17 heavy (non-hydrogen) atoms. The van der Waals surface area contributed by atoms with Gasteiger partial charge in [0.1, 0.15) is 6.54 Å². The van der Waals surface area contributed by atoms with Crippen molar-refractivity contribution in [2.45, 2.75) is 6.54 Å². The van der Waals surface area contributed by atoms with Crippen molar-refractivity contribution in [2.75, 3.05) is 18.9 Å². The van der Waals surface area contributed by atoms with Crippen LogP contribution >= 0.6 is 0 Å². The van der Waals surface area contributed by atoms with Crippen LogP contribution in [-0.4, -0.2) is 30.4 Å². The van der Waals surface area contributed by atoms with Crippen LogP contribution in [0.5, 0.6) is 0 Å². The molecular formula is C11H16N4O2. The second-order valence-electron chi connectivity index (χ2n) is 3.66. The zero-order chi connectivity index (χ0) is 12.8. The van der Waals surface area contributed by atoms with Crippen molar-refractivity contribution in [1.82, 2.24) is 4.90 Å². The minimum atomic E-state index is -0.557. The Kier molecular flexibility index (Phi) is 4.47. The molecule has 0 saturated heterocycles. The molecule has 0 saturated carbocycles. The quantitative estimate of drug-likeness (QED) is 0.690. The number of carbonyl (C=O) groups is 2. The van der Waals surface area contributed by atoms with Gasteiger partial charge in [0.25, 0.3) is 0 Å². The first-order valence-electron chi connectivity index (χ1n) is 5.12. The molecule has 3 amide bonds. The van der Waals surface area contributed by atoms with Crippen molar-refractivity contribution in [3.63, 3.8) is 0 Å². The molecular weight excluding hydrogens is 220 g/mol. The van der Waals surface area contributed by atoms with Gasteiger partial charge in [-0.25, -0.2) is 4.79 Å². The molecule has 0 atom stereocenters. The van der Waals surface area contributed by atoms with E-state index in [0.717, 1.165) is 5.56 Å². The third-order valence-electron chi connectivity index (χ3n) is 2.15. The Morgan fingerprint density at radius 3 is 2.71 bits per heavy atom. The number of hydrogen-bond acceptors (Lipinski definition) is 3. The van der Waals surface area contributed by atoms with Crippen molar-refractivity contribution >= 4 is 17.6 Å². The van der Waals surface area contributed by atoms with E-state index in [4.69, 9.17) is 11.5 Å². The molecule has 0 aliphatic carbocycles. The number of carbonyl (C=O) groups excluding carboxylic acids is 2. The van der Waals surface area contributed by atoms with Crippen LogP contribution in [0.3, 0.4) is 0 Å². The number of nitrogens with zero attached hydrogens (tertiary/aromatic N) is 1. The smallest absolute Gasteiger partial charge is 0.322 e. The summed E-state index contributed by atoms with van der Waals surface area (Å²) in [5.74, 6) is -0.557. The fourth-order valence-corrected chi connectivity index (χ4v) is 1.30. The largest absolute Gasteiger partial charge is 0.368 e. The van der Waals surface area contributed by atoms with Gasteiger partial charge in [0.05, 0.1) is 0 Å². The van der Waals surface area contributed by atoms with Crippen LogP contribution in [0, 0.1) is 0 Å². The van der Waals surface area contributed by atoms with Crippen LogP contribution in [-0.2, 0) is 11.3 Å². The number of likely N-dealkylation sites (N-methyl/N-ethyl adjacent to an activating group) is 1. The van der Waals surface area contributed by atoms with Gasteiger partial charge in [-0.15, -0.1) is 0 Å². The number of hydrogen-bond donors (Lipinski definition) is 3. The molecule has 0 fully saturated rings. The fraction of sp³-hybridized carbons (Fsp3) is 0.273. The highest BCUT2D eigenvalue weighted by Crippen LogP contribution is 2.10. The normalized spacial score (nSPS) is 9.76. The number of benzene rings is 1. The average Bonchev–Trinajstić information content (AvgIpc) is 2.28. The standard InChI is InChI=1S/C11H16N4O2/c1-15(7-10(13)16)11(17)14-9-4-2-3-8(5-9)6-12/h2-5H,6-7,12H2,1H3,(H2,13,16)(H,14,17). The minimum absolute atomic E-state index is 0.123. The van der Waals surface area contributed by atoms with E-state index >= 15 is 0 Å². The summed E-state index contributed by atoms with van der Waals surface area (Å²) in [6.07, 6.45) is 0. The Morgan fingerprint density at radius 2 is 2.12 bits per heavy atom. The van der Waals surface area contributed by atoms with Crippen molar-refractivity contribution in [2.24, 2.45) is 11.5 Å². The summed E-state index contributed by atoms with van der Waals surface area (Å²) in [7, 11) is 1.49. The fourth-order valence-electron chi connectivity index (χ4n) is 1.30. The number of rotatable bonds is 4. The van der Waals surface area contributed by atoms with Crippen LogP contribution < -0.4 is 16.8 Å². The SMILES string of the molecule is CN(CC(N)=O)C(=O)Nc1cccc(CN)c1. The number of anilines is 1. The number of amides is 3. The van der Waals surface area contributed by atoms with Gasteiger partial charge in [-0.1, -0.05) is 12.1 Å². The molecule has 92 valence electrons. The lowest BCUT2D eigenvalue weighted by atomic mass is 10.2. The van der Waals surface area contributed by atoms with Crippen molar-refractivity contribution in [3.8, 4) is 0 Å². The first kappa shape index (κ1) is 13.0. The molecule has 0 aromatic heterocycles. The van der Waals surface area contributed by atoms with E-state index in [1.807, 2.05) is 6.07 Å². The molecule has 1 aromatic rings. The van der Waals surface area contributed by atoms with Gasteiger partial charge < -0.3 is 21.7 Å². The van der Waals surface area contributed by atoms with E-state index in [-0.39, 0.29) is 6.54 Å². The molecule has 1 rings (SSSR count). The number of nitrogens with two attached hydrogens (primary N) is 2. The summed E-state index contributed by atoms with van der Waals surface area (Å²) in [6.45, 7) is 0.281. The predicted molar refractivity (Wildman–Crippen MR) is 65.2 cm³/mol. The number of primary amides is 1. The van der Waals surface area contributed by atoms with Gasteiger partial charge in [0.15, 0.2) is 0 Å². The number of urea groups is 1. The molecule has 5 N–H and O–H groups in total. The van der Waals surface area contributed by atoms with Crippen LogP contribution in [0.4, 0.5) is 10.5 Å². The third kappa shape index (κ3) is 4.12. The first-order chi connectivity index (χ1) is 8.02. The van der Waals surface area contributed by atoms with Gasteiger partial charge >= 0.3 is 6.03 Å². The monoisotopic (exact) mass is 236 g/mol. The van der Waals surface area contributed by atoms with E-state index in [0.29, 0.717) is 12.2 Å². The molecule has 6 heteroatoms. The molecule has 0 bridgehead atoms. The molecule has 0 aliphatic heterocycles. The van der Waals surface area contributed by atoms with Crippen LogP contribution in [0.25, 0.3) is 0 Å². The van der Waals surface area contributed by atoms with Gasteiger partial charge in [-0.2, -0.15) is 0 Å². The van der Waals surface area contributed by atoms with Crippen LogP contribution in [0.2, 0.25) is 0 Å². The molecule has 0 spiro atoms. The van der Waals surface area contributed by atoms with Gasteiger partial charge in [-0.05, 0) is 17.7 Å². The Labute approximate surface area is 99.6 Å². The summed E-state index contributed by atoms with van der Waals surface area (Å²) in [5.41, 5.74) is 12.0. The van der Waals surface area contributed by atoms with E-state index in [1.165, 1.54) is 11.9 Å². The Morgan fingerprint density at radius 1 is 1.41 bits per heavy atom. The lowest BCUT2D eigenvalue weighted by Gasteiger charge is -2.16. The second kappa shape index (κ2) is 5.86. The third-order valence-corrected chi connectivity index (χ3v) is 2.15. The molecule has 6 nitrogen and oxygen atoms in total. The highest BCUT2D eigenvalue weighted by Gasteiger charge is 2.10. The Balaban J connectivity index is 2.64. The predicted octanol–water partition coefficient (Wildman–Crippen LogP) is 0.0943. The lowest BCUT2D eigenvalue weighted by molar-refractivity contribution is -0.118. The molecule has 1 aromatic carbocycles. The topological polar surface area (TPSA) is 101 Å². The van der Waals surface area contributed by atoms with Gasteiger partial charge in [-0.3, -0.25) is 4.79 Å². The summed E-state index contributed by atoms with van der Waals surface area (Å²) in [6, 6.07) is 6.79. The maximum absolute atomic E-state index is 11.6. The van der Waals surface area contributed by atoms with Crippen molar-refractivity contribution in [1.29, 1.82) is 0 Å². The van der Waals surface area contributed by atoms with E-state index in [9.17, 15) is 9.59 Å². The highest BCUT2D eigenvalue weighted by atomic mass is 16.2. The molecule has 0 unspecified atom stereocenters. The minimum Gasteiger partial charge on any atom is -0.368 e. The number of nitrogens with one attached hydrogen (secondary N) is 1. The molecule has 0 radical (unpaired) electrons. The van der Waals surface area contributed by atoms with Gasteiger partial charge in [0.2, 0.25) is 5.91 Å². The van der Waals surface area contributed by atoms with Gasteiger partial charge in [0, 0.05) is 19.3 Å². The Hall–Kier alpha value is -2.08. The van der Waals surface area contributed by atoms with E-state index in [2.05, 4.69) is 5.32 Å². The highest BCUT2D eigenvalue weighted by molar-refractivity contribution is 5.91. The molecule has 0 aliphatic rings. The maximum atomic E-state index is 11.6. The second-order valence-corrected chi connectivity index (χ2v) is 3.66. The summed E-state index contributed by atoms with van der Waals surface area (Å²) in [5, 5.41) is 2.65. The van der Waals surface area contributed by atoms with E-state index < -0.39 is 11.9 Å². The Bertz CT molecular complexity index is 420. The summed E-state index contributed by atoms with van der Waals surface area (Å²) in [4.78, 5) is 23.5. The molecule has 0 heterocycles. The lowest BCUT2D eigenvalue weighted by Crippen LogP contribution is -2.38. The van der Waals surface area contributed by atoms with Crippen molar-refractivity contribution in [3.05, 3.63) is 29.8 Å². The zero-order valence-electron chi connectivity index (χ0n) is 9.64. The van der Waals surface area contributed by atoms with Crippen LogP contribution in [0.15, 0.2) is 24.3 Å². The van der Waals surface area contributed by atoms with Crippen molar-refractivity contribution < 1.29 is 9.59 Å².